The number of para-hydroxylation sites is 1. The van der Waals surface area contributed by atoms with Crippen LogP contribution in [-0.4, -0.2) is 61.8 Å². The van der Waals surface area contributed by atoms with Crippen LogP contribution in [0.4, 0.5) is 0 Å². The van der Waals surface area contributed by atoms with E-state index in [9.17, 15) is 13.2 Å². The Morgan fingerprint density at radius 3 is 2.66 bits per heavy atom. The van der Waals surface area contributed by atoms with Gasteiger partial charge in [0.25, 0.3) is 5.91 Å². The summed E-state index contributed by atoms with van der Waals surface area (Å²) in [5.74, 6) is 2.07. The van der Waals surface area contributed by atoms with E-state index in [1.165, 1.54) is 16.8 Å². The van der Waals surface area contributed by atoms with Gasteiger partial charge in [-0.2, -0.15) is 4.72 Å². The molecule has 32 heavy (non-hydrogen) atoms. The molecule has 1 atom stereocenters. The number of hydrogen-bond acceptors (Lipinski definition) is 6. The van der Waals surface area contributed by atoms with E-state index in [-0.39, 0.29) is 23.4 Å². The van der Waals surface area contributed by atoms with Gasteiger partial charge in [-0.3, -0.25) is 9.69 Å². The van der Waals surface area contributed by atoms with Gasteiger partial charge in [-0.05, 0) is 37.3 Å². The molecule has 166 valence electrons. The maximum absolute atomic E-state index is 13.0. The number of carbonyl (C=O) groups excluding carboxylic acids is 1. The lowest BCUT2D eigenvalue weighted by Crippen LogP contribution is -2.49. The van der Waals surface area contributed by atoms with Crippen LogP contribution in [0.5, 0.6) is 0 Å². The van der Waals surface area contributed by atoms with E-state index in [0.717, 1.165) is 23.6 Å². The molecule has 4 rings (SSSR count). The number of hydrogen-bond donors (Lipinski definition) is 1. The van der Waals surface area contributed by atoms with E-state index >= 15 is 0 Å². The Kier molecular flexibility index (Phi) is 6.58. The number of piperazine rings is 1. The number of sulfonamides is 1. The molecule has 7 nitrogen and oxygen atoms in total. The van der Waals surface area contributed by atoms with Crippen molar-refractivity contribution in [3.05, 3.63) is 59.1 Å². The summed E-state index contributed by atoms with van der Waals surface area (Å²) in [6, 6.07) is 14.3. The summed E-state index contributed by atoms with van der Waals surface area (Å²) in [6.45, 7) is 4.64. The minimum Gasteiger partial charge on any atom is -0.336 e. The Bertz CT molecular complexity index is 1240. The lowest BCUT2D eigenvalue weighted by Gasteiger charge is -2.37. The maximum atomic E-state index is 13.0. The molecule has 9 heteroatoms. The molecule has 1 aromatic heterocycles. The number of fused-ring (bicyclic) bond motifs is 1. The number of rotatable bonds is 6. The molecule has 0 bridgehead atoms. The topological polar surface area (TPSA) is 82.6 Å². The molecule has 1 amide bonds. The average Bonchev–Trinajstić information content (AvgIpc) is 3.26. The van der Waals surface area contributed by atoms with E-state index in [2.05, 4.69) is 28.5 Å². The molecule has 1 saturated heterocycles. The van der Waals surface area contributed by atoms with Crippen LogP contribution in [0.3, 0.4) is 0 Å². The van der Waals surface area contributed by atoms with Crippen molar-refractivity contribution in [2.75, 3.05) is 32.7 Å². The quantitative estimate of drug-likeness (QED) is 0.563. The third-order valence-corrected chi connectivity index (χ3v) is 8.18. The van der Waals surface area contributed by atoms with E-state index in [0.29, 0.717) is 18.7 Å². The van der Waals surface area contributed by atoms with E-state index in [4.69, 9.17) is 11.4 Å². The van der Waals surface area contributed by atoms with Crippen molar-refractivity contribution in [3.8, 4) is 12.3 Å². The molecule has 1 fully saturated rings. The van der Waals surface area contributed by atoms with Gasteiger partial charge in [0.15, 0.2) is 0 Å². The van der Waals surface area contributed by atoms with Gasteiger partial charge in [0, 0.05) is 31.7 Å². The molecule has 0 spiro atoms. The molecule has 2 heterocycles. The number of nitrogens with zero attached hydrogens (tertiary/aromatic N) is 3. The third-order valence-electron chi connectivity index (χ3n) is 5.57. The SMILES string of the molecule is C#CCNS(=O)(=O)c1cccc(C(=O)N2CCN([C@H](C)c3nc4ccccc4s3)CC2)c1. The lowest BCUT2D eigenvalue weighted by molar-refractivity contribution is 0.0582. The molecule has 0 aliphatic carbocycles. The van der Waals surface area contributed by atoms with Crippen LogP contribution >= 0.6 is 11.3 Å². The number of nitrogens with one attached hydrogen (secondary N) is 1. The van der Waals surface area contributed by atoms with Crippen molar-refractivity contribution in [1.29, 1.82) is 0 Å². The van der Waals surface area contributed by atoms with Gasteiger partial charge >= 0.3 is 0 Å². The number of carbonyl (C=O) groups is 1. The fourth-order valence-electron chi connectivity index (χ4n) is 3.74. The number of benzene rings is 2. The second-order valence-corrected chi connectivity index (χ2v) is 10.4. The standard InChI is InChI=1S/C23H24N4O3S2/c1-3-11-24-32(29,30)19-8-6-7-18(16-19)23(28)27-14-12-26(13-15-27)17(2)22-25-20-9-4-5-10-21(20)31-22/h1,4-10,16-17,24H,11-15H2,2H3/t17-/m1/s1. The predicted molar refractivity (Wildman–Crippen MR) is 126 cm³/mol. The van der Waals surface area contributed by atoms with Gasteiger partial charge in [0.05, 0.1) is 27.7 Å². The highest BCUT2D eigenvalue weighted by molar-refractivity contribution is 7.89. The van der Waals surface area contributed by atoms with Gasteiger partial charge < -0.3 is 4.90 Å². The molecule has 1 aliphatic heterocycles. The first-order valence-corrected chi connectivity index (χ1v) is 12.6. The van der Waals surface area contributed by atoms with E-state index < -0.39 is 10.0 Å². The highest BCUT2D eigenvalue weighted by Gasteiger charge is 2.27. The first-order chi connectivity index (χ1) is 15.4. The van der Waals surface area contributed by atoms with Crippen molar-refractivity contribution < 1.29 is 13.2 Å². The van der Waals surface area contributed by atoms with Crippen molar-refractivity contribution >= 4 is 37.5 Å². The maximum Gasteiger partial charge on any atom is 0.253 e. The van der Waals surface area contributed by atoms with E-state index in [1.54, 1.807) is 28.4 Å². The Labute approximate surface area is 192 Å². The van der Waals surface area contributed by atoms with Crippen molar-refractivity contribution in [1.82, 2.24) is 19.5 Å². The number of aromatic nitrogens is 1. The highest BCUT2D eigenvalue weighted by Crippen LogP contribution is 2.30. The normalized spacial score (nSPS) is 16.1. The Morgan fingerprint density at radius 1 is 1.19 bits per heavy atom. The smallest absolute Gasteiger partial charge is 0.253 e. The van der Waals surface area contributed by atoms with Crippen molar-refractivity contribution in [2.24, 2.45) is 0 Å². The minimum atomic E-state index is -3.75. The number of amides is 1. The van der Waals surface area contributed by atoms with E-state index in [1.807, 2.05) is 18.2 Å². The van der Waals surface area contributed by atoms with Gasteiger partial charge in [-0.1, -0.05) is 24.1 Å². The summed E-state index contributed by atoms with van der Waals surface area (Å²) in [4.78, 5) is 21.9. The molecule has 1 aliphatic rings. The zero-order valence-electron chi connectivity index (χ0n) is 17.7. The average molecular weight is 469 g/mol. The fourth-order valence-corrected chi connectivity index (χ4v) is 5.77. The van der Waals surface area contributed by atoms with Gasteiger partial charge in [-0.25, -0.2) is 13.4 Å². The molecular formula is C23H24N4O3S2. The lowest BCUT2D eigenvalue weighted by atomic mass is 10.1. The summed E-state index contributed by atoms with van der Waals surface area (Å²) >= 11 is 1.70. The van der Waals surface area contributed by atoms with Crippen LogP contribution in [0.2, 0.25) is 0 Å². The molecule has 0 radical (unpaired) electrons. The molecule has 1 N–H and O–H groups in total. The summed E-state index contributed by atoms with van der Waals surface area (Å²) < 4.78 is 28.1. The van der Waals surface area contributed by atoms with Crippen LogP contribution in [0.15, 0.2) is 53.4 Å². The van der Waals surface area contributed by atoms with Gasteiger partial charge in [-0.15, -0.1) is 17.8 Å². The summed E-state index contributed by atoms with van der Waals surface area (Å²) in [6.07, 6.45) is 5.13. The zero-order valence-corrected chi connectivity index (χ0v) is 19.3. The molecule has 0 saturated carbocycles. The second kappa shape index (κ2) is 9.38. The van der Waals surface area contributed by atoms with Crippen LogP contribution in [0.25, 0.3) is 10.2 Å². The first kappa shape index (κ1) is 22.4. The van der Waals surface area contributed by atoms with Gasteiger partial charge in [0.1, 0.15) is 5.01 Å². The first-order valence-electron chi connectivity index (χ1n) is 10.3. The summed E-state index contributed by atoms with van der Waals surface area (Å²) in [7, 11) is -3.75. The number of thiazole rings is 1. The second-order valence-electron chi connectivity index (χ2n) is 7.58. The predicted octanol–water partition coefficient (Wildman–Crippen LogP) is 2.73. The minimum absolute atomic E-state index is 0.0293. The Balaban J connectivity index is 1.41. The largest absolute Gasteiger partial charge is 0.336 e. The Hall–Kier alpha value is -2.77. The third kappa shape index (κ3) is 4.69. The van der Waals surface area contributed by atoms with Crippen LogP contribution in [0, 0.1) is 12.3 Å². The van der Waals surface area contributed by atoms with Crippen molar-refractivity contribution in [2.45, 2.75) is 17.9 Å². The fraction of sp³-hybridized carbons (Fsp3) is 0.304. The molecular weight excluding hydrogens is 444 g/mol. The molecule has 2 aromatic carbocycles. The van der Waals surface area contributed by atoms with Crippen molar-refractivity contribution in [3.63, 3.8) is 0 Å². The monoisotopic (exact) mass is 468 g/mol. The van der Waals surface area contributed by atoms with Gasteiger partial charge in [0.2, 0.25) is 10.0 Å². The zero-order chi connectivity index (χ0) is 22.7. The summed E-state index contributed by atoms with van der Waals surface area (Å²) in [5.41, 5.74) is 1.36. The molecule has 3 aromatic rings. The van der Waals surface area contributed by atoms with Crippen LogP contribution < -0.4 is 4.72 Å². The molecule has 0 unspecified atom stereocenters. The number of terminal acetylenes is 1. The highest BCUT2D eigenvalue weighted by atomic mass is 32.2. The Morgan fingerprint density at radius 2 is 1.94 bits per heavy atom. The van der Waals surface area contributed by atoms with Crippen LogP contribution in [0.1, 0.15) is 28.3 Å². The van der Waals surface area contributed by atoms with Crippen LogP contribution in [-0.2, 0) is 10.0 Å². The summed E-state index contributed by atoms with van der Waals surface area (Å²) in [5, 5.41) is 1.07.